The van der Waals surface area contributed by atoms with Gasteiger partial charge >= 0.3 is 0 Å². The molecule has 8 nitrogen and oxygen atoms in total. The molecule has 0 bridgehead atoms. The lowest BCUT2D eigenvalue weighted by atomic mass is 10.2. The number of carbonyl (C=O) groups excluding carboxylic acids is 1. The number of nitrogens with zero attached hydrogens (tertiary/aromatic N) is 3. The van der Waals surface area contributed by atoms with E-state index >= 15 is 0 Å². The normalized spacial score (nSPS) is 11.3. The summed E-state index contributed by atoms with van der Waals surface area (Å²) in [6, 6.07) is 30.4. The summed E-state index contributed by atoms with van der Waals surface area (Å²) in [7, 11) is 0. The fourth-order valence-electron chi connectivity index (χ4n) is 4.22. The molecule has 0 unspecified atom stereocenters. The van der Waals surface area contributed by atoms with Crippen molar-refractivity contribution in [3.05, 3.63) is 124 Å². The Labute approximate surface area is 233 Å². The highest BCUT2D eigenvalue weighted by Crippen LogP contribution is 2.27. The fourth-order valence-corrected chi connectivity index (χ4v) is 4.40. The molecule has 0 spiro atoms. The second-order valence-electron chi connectivity index (χ2n) is 8.85. The number of anilines is 1. The van der Waals surface area contributed by atoms with Crippen molar-refractivity contribution in [3.8, 4) is 17.3 Å². The van der Waals surface area contributed by atoms with E-state index in [9.17, 15) is 9.59 Å². The molecule has 2 heterocycles. The van der Waals surface area contributed by atoms with Gasteiger partial charge in [-0.2, -0.15) is 9.78 Å². The number of amides is 1. The number of aromatic nitrogens is 2. The molecule has 6 rings (SSSR count). The van der Waals surface area contributed by atoms with Crippen LogP contribution in [0.4, 0.5) is 5.69 Å². The number of nitrogens with one attached hydrogen (secondary N) is 1. The molecule has 0 saturated carbocycles. The van der Waals surface area contributed by atoms with Crippen molar-refractivity contribution in [2.24, 2.45) is 5.10 Å². The molecule has 1 amide bonds. The average Bonchev–Trinajstić information content (AvgIpc) is 3.41. The maximum atomic E-state index is 13.6. The van der Waals surface area contributed by atoms with Crippen LogP contribution in [0.3, 0.4) is 0 Å². The van der Waals surface area contributed by atoms with Crippen molar-refractivity contribution < 1.29 is 13.9 Å². The molecule has 0 aliphatic rings. The number of fused-ring (bicyclic) bond motifs is 2. The third-order valence-electron chi connectivity index (χ3n) is 6.10. The summed E-state index contributed by atoms with van der Waals surface area (Å²) in [6.07, 6.45) is 1.44. The van der Waals surface area contributed by atoms with Gasteiger partial charge in [0.05, 0.1) is 17.1 Å². The molecule has 196 valence electrons. The van der Waals surface area contributed by atoms with E-state index in [1.165, 1.54) is 10.9 Å². The lowest BCUT2D eigenvalue weighted by Gasteiger charge is -2.11. The zero-order chi connectivity index (χ0) is 27.5. The molecular formula is C31H21ClN4O4. The van der Waals surface area contributed by atoms with Crippen molar-refractivity contribution in [1.82, 2.24) is 9.66 Å². The molecule has 4 aromatic carbocycles. The van der Waals surface area contributed by atoms with Crippen LogP contribution in [-0.2, 0) is 4.79 Å². The SMILES string of the molecule is O=C(COc1ccc(Cl)cc1C=Nn1c(-c2cc3ccccc3o2)nc2ccccc2c1=O)Nc1ccccc1. The Hall–Kier alpha value is -5.21. The van der Waals surface area contributed by atoms with Gasteiger partial charge in [0.25, 0.3) is 11.5 Å². The van der Waals surface area contributed by atoms with E-state index in [0.29, 0.717) is 44.3 Å². The summed E-state index contributed by atoms with van der Waals surface area (Å²) < 4.78 is 13.0. The predicted octanol–water partition coefficient (Wildman–Crippen LogP) is 6.36. The minimum absolute atomic E-state index is 0.237. The van der Waals surface area contributed by atoms with Crippen molar-refractivity contribution in [2.45, 2.75) is 0 Å². The highest BCUT2D eigenvalue weighted by molar-refractivity contribution is 6.30. The van der Waals surface area contributed by atoms with E-state index in [-0.39, 0.29) is 23.9 Å². The third-order valence-corrected chi connectivity index (χ3v) is 6.34. The summed E-state index contributed by atoms with van der Waals surface area (Å²) >= 11 is 6.26. The van der Waals surface area contributed by atoms with Crippen molar-refractivity contribution in [2.75, 3.05) is 11.9 Å². The lowest BCUT2D eigenvalue weighted by molar-refractivity contribution is -0.118. The van der Waals surface area contributed by atoms with E-state index in [1.807, 2.05) is 54.6 Å². The molecular weight excluding hydrogens is 528 g/mol. The Morgan fingerprint density at radius 1 is 0.975 bits per heavy atom. The topological polar surface area (TPSA) is 98.7 Å². The number of halogens is 1. The van der Waals surface area contributed by atoms with Crippen LogP contribution in [0, 0.1) is 0 Å². The van der Waals surface area contributed by atoms with Gasteiger partial charge in [0.1, 0.15) is 11.3 Å². The number of ether oxygens (including phenoxy) is 1. The van der Waals surface area contributed by atoms with E-state index in [0.717, 1.165) is 5.39 Å². The monoisotopic (exact) mass is 548 g/mol. The largest absolute Gasteiger partial charge is 0.483 e. The van der Waals surface area contributed by atoms with Gasteiger partial charge in [-0.05, 0) is 54.6 Å². The first-order valence-corrected chi connectivity index (χ1v) is 12.8. The zero-order valence-electron chi connectivity index (χ0n) is 21.0. The first-order valence-electron chi connectivity index (χ1n) is 12.4. The zero-order valence-corrected chi connectivity index (χ0v) is 21.7. The second kappa shape index (κ2) is 10.9. The molecule has 0 radical (unpaired) electrons. The number of hydrogen-bond acceptors (Lipinski definition) is 6. The van der Waals surface area contributed by atoms with Gasteiger partial charge in [-0.1, -0.05) is 60.1 Å². The third kappa shape index (κ3) is 5.21. The fraction of sp³-hybridized carbons (Fsp3) is 0.0323. The first kappa shape index (κ1) is 25.1. The number of hydrogen-bond donors (Lipinski definition) is 1. The van der Waals surface area contributed by atoms with Crippen LogP contribution in [0.1, 0.15) is 5.56 Å². The number of carbonyl (C=O) groups is 1. The Balaban J connectivity index is 1.36. The van der Waals surface area contributed by atoms with Crippen molar-refractivity contribution in [1.29, 1.82) is 0 Å². The summed E-state index contributed by atoms with van der Waals surface area (Å²) in [5.41, 5.74) is 1.94. The van der Waals surface area contributed by atoms with E-state index in [1.54, 1.807) is 48.5 Å². The van der Waals surface area contributed by atoms with Gasteiger partial charge in [-0.15, -0.1) is 0 Å². The molecule has 0 atom stereocenters. The number of para-hydroxylation sites is 3. The van der Waals surface area contributed by atoms with Crippen LogP contribution >= 0.6 is 11.6 Å². The number of benzene rings is 4. The van der Waals surface area contributed by atoms with E-state index in [4.69, 9.17) is 25.7 Å². The van der Waals surface area contributed by atoms with E-state index in [2.05, 4.69) is 10.4 Å². The molecule has 6 aromatic rings. The summed E-state index contributed by atoms with van der Waals surface area (Å²) in [5.74, 6) is 0.666. The predicted molar refractivity (Wildman–Crippen MR) is 156 cm³/mol. The summed E-state index contributed by atoms with van der Waals surface area (Å²) in [4.78, 5) is 30.7. The van der Waals surface area contributed by atoms with Gasteiger partial charge in [0, 0.05) is 21.7 Å². The molecule has 0 saturated heterocycles. The van der Waals surface area contributed by atoms with Crippen LogP contribution in [0.5, 0.6) is 5.75 Å². The molecule has 0 aliphatic heterocycles. The molecule has 0 aliphatic carbocycles. The molecule has 2 aromatic heterocycles. The highest BCUT2D eigenvalue weighted by atomic mass is 35.5. The van der Waals surface area contributed by atoms with E-state index < -0.39 is 0 Å². The molecule has 1 N–H and O–H groups in total. The van der Waals surface area contributed by atoms with Crippen LogP contribution in [0.25, 0.3) is 33.5 Å². The maximum Gasteiger partial charge on any atom is 0.282 e. The van der Waals surface area contributed by atoms with Gasteiger partial charge < -0.3 is 14.5 Å². The lowest BCUT2D eigenvalue weighted by Crippen LogP contribution is -2.21. The maximum absolute atomic E-state index is 13.6. The number of rotatable bonds is 7. The Morgan fingerprint density at radius 3 is 2.60 bits per heavy atom. The van der Waals surface area contributed by atoms with Crippen molar-refractivity contribution in [3.63, 3.8) is 0 Å². The van der Waals surface area contributed by atoms with Gasteiger partial charge in [0.2, 0.25) is 5.82 Å². The van der Waals surface area contributed by atoms with Crippen LogP contribution in [0.15, 0.2) is 117 Å². The van der Waals surface area contributed by atoms with Crippen LogP contribution in [-0.4, -0.2) is 28.4 Å². The summed E-state index contributed by atoms with van der Waals surface area (Å²) in [6.45, 7) is -0.237. The Bertz CT molecular complexity index is 1910. The first-order chi connectivity index (χ1) is 19.5. The van der Waals surface area contributed by atoms with Crippen LogP contribution in [0.2, 0.25) is 5.02 Å². The van der Waals surface area contributed by atoms with Gasteiger partial charge in [0.15, 0.2) is 12.4 Å². The second-order valence-corrected chi connectivity index (χ2v) is 9.28. The average molecular weight is 549 g/mol. The number of furan rings is 1. The Morgan fingerprint density at radius 2 is 1.75 bits per heavy atom. The smallest absolute Gasteiger partial charge is 0.282 e. The highest BCUT2D eigenvalue weighted by Gasteiger charge is 2.17. The minimum atomic E-state index is -0.371. The summed E-state index contributed by atoms with van der Waals surface area (Å²) in [5, 5.41) is 8.97. The minimum Gasteiger partial charge on any atom is -0.483 e. The van der Waals surface area contributed by atoms with Gasteiger partial charge in [-0.3, -0.25) is 9.59 Å². The Kier molecular flexibility index (Phi) is 6.82. The standard InChI is InChI=1S/C31H21ClN4O4/c32-22-14-15-26(39-19-29(37)34-23-9-2-1-3-10-23)21(16-22)18-33-36-30(28-17-20-8-4-7-13-27(20)40-28)35-25-12-6-5-11-24(25)31(36)38/h1-18H,19H2,(H,34,37). The molecule has 9 heteroatoms. The van der Waals surface area contributed by atoms with Crippen LogP contribution < -0.4 is 15.6 Å². The van der Waals surface area contributed by atoms with Crippen molar-refractivity contribution >= 4 is 51.3 Å². The van der Waals surface area contributed by atoms with Gasteiger partial charge in [-0.25, -0.2) is 4.98 Å². The molecule has 40 heavy (non-hydrogen) atoms. The quantitative estimate of drug-likeness (QED) is 0.234. The molecule has 0 fully saturated rings.